The normalized spacial score (nSPS) is 13.3. The Kier molecular flexibility index (Phi) is 6.32. The van der Waals surface area contributed by atoms with Gasteiger partial charge < -0.3 is 20.3 Å². The van der Waals surface area contributed by atoms with Crippen LogP contribution in [0.1, 0.15) is 11.1 Å². The van der Waals surface area contributed by atoms with Gasteiger partial charge in [0.15, 0.2) is 0 Å². The van der Waals surface area contributed by atoms with Crippen LogP contribution in [0.5, 0.6) is 5.75 Å². The first-order valence-electron chi connectivity index (χ1n) is 6.41. The lowest BCUT2D eigenvalue weighted by Gasteiger charge is -2.17. The Labute approximate surface area is 117 Å². The second-order valence-corrected chi connectivity index (χ2v) is 4.93. The highest BCUT2D eigenvalue weighted by atomic mass is 19.3. The van der Waals surface area contributed by atoms with Gasteiger partial charge in [-0.2, -0.15) is 0 Å². The van der Waals surface area contributed by atoms with E-state index in [1.54, 1.807) is 0 Å². The second kappa shape index (κ2) is 7.52. The Morgan fingerprint density at radius 2 is 1.85 bits per heavy atom. The van der Waals surface area contributed by atoms with Gasteiger partial charge in [-0.25, -0.2) is 8.78 Å². The Morgan fingerprint density at radius 3 is 2.40 bits per heavy atom. The second-order valence-electron chi connectivity index (χ2n) is 4.93. The topological polar surface area (TPSA) is 61.7 Å². The highest BCUT2D eigenvalue weighted by Crippen LogP contribution is 2.16. The molecule has 114 valence electrons. The molecule has 1 rings (SSSR count). The first-order chi connectivity index (χ1) is 9.32. The molecule has 0 radical (unpaired) electrons. The van der Waals surface area contributed by atoms with Gasteiger partial charge in [0.2, 0.25) is 0 Å². The number of aryl methyl sites for hydroxylation is 2. The predicted octanol–water partition coefficient (Wildman–Crippen LogP) is 1.26. The zero-order valence-corrected chi connectivity index (χ0v) is 11.7. The van der Waals surface area contributed by atoms with E-state index in [0.29, 0.717) is 5.75 Å². The van der Waals surface area contributed by atoms with Crippen LogP contribution in [0, 0.1) is 13.8 Å². The van der Waals surface area contributed by atoms with E-state index in [4.69, 9.17) is 9.84 Å². The molecule has 0 fully saturated rings. The van der Waals surface area contributed by atoms with Gasteiger partial charge in [0, 0.05) is 6.54 Å². The van der Waals surface area contributed by atoms with Crippen molar-refractivity contribution in [3.63, 3.8) is 0 Å². The molecule has 0 amide bonds. The van der Waals surface area contributed by atoms with Crippen LogP contribution in [0.25, 0.3) is 0 Å². The van der Waals surface area contributed by atoms with Crippen LogP contribution >= 0.6 is 0 Å². The van der Waals surface area contributed by atoms with Gasteiger partial charge in [0.1, 0.15) is 25.1 Å². The van der Waals surface area contributed by atoms with E-state index in [2.05, 4.69) is 5.32 Å². The molecule has 0 heterocycles. The minimum Gasteiger partial charge on any atom is -0.491 e. The lowest BCUT2D eigenvalue weighted by molar-refractivity contribution is -0.0493. The van der Waals surface area contributed by atoms with Crippen molar-refractivity contribution < 1.29 is 23.7 Å². The van der Waals surface area contributed by atoms with E-state index in [1.807, 2.05) is 32.0 Å². The first-order valence-corrected chi connectivity index (χ1v) is 6.41. The summed E-state index contributed by atoms with van der Waals surface area (Å²) >= 11 is 0. The summed E-state index contributed by atoms with van der Waals surface area (Å²) in [5, 5.41) is 20.4. The van der Waals surface area contributed by atoms with Gasteiger partial charge in [-0.15, -0.1) is 0 Å². The van der Waals surface area contributed by atoms with E-state index >= 15 is 0 Å². The summed E-state index contributed by atoms with van der Waals surface area (Å²) in [5.41, 5.74) is 2.10. The number of hydrogen-bond acceptors (Lipinski definition) is 4. The van der Waals surface area contributed by atoms with Crippen molar-refractivity contribution in [1.82, 2.24) is 5.32 Å². The Hall–Kier alpha value is -1.24. The molecule has 3 N–H and O–H groups in total. The number of alkyl halides is 2. The molecule has 0 spiro atoms. The average Bonchev–Trinajstić information content (AvgIpc) is 2.35. The zero-order chi connectivity index (χ0) is 15.2. The zero-order valence-electron chi connectivity index (χ0n) is 11.7. The van der Waals surface area contributed by atoms with Crippen molar-refractivity contribution in [3.8, 4) is 5.75 Å². The van der Waals surface area contributed by atoms with Gasteiger partial charge in [-0.3, -0.25) is 0 Å². The molecule has 0 aliphatic heterocycles. The van der Waals surface area contributed by atoms with E-state index < -0.39 is 25.2 Å². The molecule has 0 saturated carbocycles. The highest BCUT2D eigenvalue weighted by molar-refractivity contribution is 5.32. The molecule has 1 atom stereocenters. The number of halogens is 2. The number of ether oxygens (including phenoxy) is 1. The summed E-state index contributed by atoms with van der Waals surface area (Å²) in [7, 11) is 0. The van der Waals surface area contributed by atoms with Crippen LogP contribution in [0.2, 0.25) is 0 Å². The lowest BCUT2D eigenvalue weighted by Crippen LogP contribution is -2.40. The summed E-state index contributed by atoms with van der Waals surface area (Å²) in [6.45, 7) is 1.98. The Balaban J connectivity index is 2.31. The molecule has 0 bridgehead atoms. The molecular weight excluding hydrogens is 268 g/mol. The molecule has 4 nitrogen and oxygen atoms in total. The fraction of sp³-hybridized carbons (Fsp3) is 0.571. The number of nitrogens with one attached hydrogen (secondary N) is 1. The van der Waals surface area contributed by atoms with Crippen LogP contribution in [0.3, 0.4) is 0 Å². The number of rotatable bonds is 8. The third-order valence-electron chi connectivity index (χ3n) is 2.63. The minimum atomic E-state index is -3.17. The van der Waals surface area contributed by atoms with E-state index in [0.717, 1.165) is 11.1 Å². The molecule has 6 heteroatoms. The van der Waals surface area contributed by atoms with Crippen molar-refractivity contribution in [2.24, 2.45) is 0 Å². The van der Waals surface area contributed by atoms with Crippen LogP contribution in [0.4, 0.5) is 8.78 Å². The van der Waals surface area contributed by atoms with Gasteiger partial charge >= 0.3 is 0 Å². The number of aliphatic hydroxyl groups excluding tert-OH is 2. The predicted molar refractivity (Wildman–Crippen MR) is 72.3 cm³/mol. The molecule has 0 aromatic heterocycles. The van der Waals surface area contributed by atoms with E-state index in [9.17, 15) is 13.9 Å². The quantitative estimate of drug-likeness (QED) is 0.674. The summed E-state index contributed by atoms with van der Waals surface area (Å²) in [6.07, 6.45) is -0.898. The third-order valence-corrected chi connectivity index (χ3v) is 2.63. The molecule has 1 unspecified atom stereocenters. The maximum atomic E-state index is 12.7. The van der Waals surface area contributed by atoms with E-state index in [-0.39, 0.29) is 13.2 Å². The van der Waals surface area contributed by atoms with Gasteiger partial charge in [0.25, 0.3) is 5.92 Å². The highest BCUT2D eigenvalue weighted by Gasteiger charge is 2.27. The third kappa shape index (κ3) is 6.27. The summed E-state index contributed by atoms with van der Waals surface area (Å²) in [6, 6.07) is 5.68. The molecule has 1 aromatic rings. The van der Waals surface area contributed by atoms with Crippen LogP contribution < -0.4 is 10.1 Å². The largest absolute Gasteiger partial charge is 0.491 e. The van der Waals surface area contributed by atoms with E-state index in [1.165, 1.54) is 0 Å². The molecule has 0 saturated heterocycles. The summed E-state index contributed by atoms with van der Waals surface area (Å²) < 4.78 is 30.8. The van der Waals surface area contributed by atoms with Crippen molar-refractivity contribution >= 4 is 0 Å². The molecule has 0 aliphatic carbocycles. The van der Waals surface area contributed by atoms with Crippen molar-refractivity contribution in [3.05, 3.63) is 29.3 Å². The molecule has 20 heavy (non-hydrogen) atoms. The smallest absolute Gasteiger partial charge is 0.282 e. The summed E-state index contributed by atoms with van der Waals surface area (Å²) in [5.74, 6) is -2.53. The standard InChI is InChI=1S/C14H21F2NO3/c1-10-3-11(2)5-13(4-10)20-7-12(19)6-17-8-14(15,16)9-18/h3-5,12,17-19H,6-9H2,1-2H3. The SMILES string of the molecule is Cc1cc(C)cc(OCC(O)CNCC(F)(F)CO)c1. The van der Waals surface area contributed by atoms with Crippen molar-refractivity contribution in [2.45, 2.75) is 25.9 Å². The van der Waals surface area contributed by atoms with Crippen molar-refractivity contribution in [1.29, 1.82) is 0 Å². The monoisotopic (exact) mass is 289 g/mol. The lowest BCUT2D eigenvalue weighted by atomic mass is 10.1. The van der Waals surface area contributed by atoms with Crippen LogP contribution in [-0.4, -0.2) is 48.5 Å². The Morgan fingerprint density at radius 1 is 1.25 bits per heavy atom. The molecule has 0 aliphatic rings. The average molecular weight is 289 g/mol. The number of benzene rings is 1. The van der Waals surface area contributed by atoms with Crippen LogP contribution in [0.15, 0.2) is 18.2 Å². The first kappa shape index (κ1) is 16.8. The molecule has 1 aromatic carbocycles. The maximum Gasteiger partial charge on any atom is 0.282 e. The Bertz CT molecular complexity index is 407. The molecular formula is C14H21F2NO3. The summed E-state index contributed by atoms with van der Waals surface area (Å²) in [4.78, 5) is 0. The maximum absolute atomic E-state index is 12.7. The van der Waals surface area contributed by atoms with Gasteiger partial charge in [-0.1, -0.05) is 6.07 Å². The fourth-order valence-corrected chi connectivity index (χ4v) is 1.75. The van der Waals surface area contributed by atoms with Gasteiger partial charge in [0.05, 0.1) is 6.54 Å². The number of hydrogen-bond donors (Lipinski definition) is 3. The van der Waals surface area contributed by atoms with Gasteiger partial charge in [-0.05, 0) is 37.1 Å². The van der Waals surface area contributed by atoms with Crippen molar-refractivity contribution in [2.75, 3.05) is 26.3 Å². The fourth-order valence-electron chi connectivity index (χ4n) is 1.75. The minimum absolute atomic E-state index is 0.0145. The number of aliphatic hydroxyl groups is 2. The van der Waals surface area contributed by atoms with Crippen LogP contribution in [-0.2, 0) is 0 Å².